The first-order valence-corrected chi connectivity index (χ1v) is 4.53. The van der Waals surface area contributed by atoms with Crippen LogP contribution >= 0.6 is 0 Å². The van der Waals surface area contributed by atoms with Crippen LogP contribution in [-0.2, 0) is 6.54 Å². The van der Waals surface area contributed by atoms with Crippen LogP contribution in [0.4, 0.5) is 0 Å². The molecule has 0 radical (unpaired) electrons. The lowest BCUT2D eigenvalue weighted by molar-refractivity contribution is 0.479. The van der Waals surface area contributed by atoms with Crippen LogP contribution in [0, 0.1) is 12.3 Å². The molecule has 1 heterocycles. The van der Waals surface area contributed by atoms with Crippen molar-refractivity contribution in [3.8, 4) is 18.1 Å². The predicted molar refractivity (Wildman–Crippen MR) is 59.3 cm³/mol. The minimum atomic E-state index is -0.628. The summed E-state index contributed by atoms with van der Waals surface area (Å²) in [7, 11) is 0. The van der Waals surface area contributed by atoms with Crippen LogP contribution < -0.4 is 11.2 Å². The van der Waals surface area contributed by atoms with Crippen LogP contribution in [0.15, 0.2) is 27.8 Å². The van der Waals surface area contributed by atoms with Gasteiger partial charge in [-0.15, -0.1) is 6.42 Å². The molecule has 0 aliphatic heterocycles. The molecule has 80 valence electrons. The van der Waals surface area contributed by atoms with E-state index in [0.29, 0.717) is 0 Å². The number of para-hydroxylation sites is 1. The maximum absolute atomic E-state index is 11.8. The second kappa shape index (κ2) is 3.59. The Hall–Kier alpha value is -2.48. The molecule has 0 bridgehead atoms. The second-order valence-electron chi connectivity index (χ2n) is 3.23. The SMILES string of the molecule is C#CCn1c(=O)[nH]c2c(O)cccc2c1=O. The molecule has 0 fully saturated rings. The third kappa shape index (κ3) is 1.37. The molecule has 0 aliphatic rings. The van der Waals surface area contributed by atoms with Gasteiger partial charge in [0, 0.05) is 0 Å². The Morgan fingerprint density at radius 1 is 1.44 bits per heavy atom. The summed E-state index contributed by atoms with van der Waals surface area (Å²) in [6, 6.07) is 4.43. The highest BCUT2D eigenvalue weighted by Crippen LogP contribution is 2.17. The van der Waals surface area contributed by atoms with Crippen molar-refractivity contribution in [3.63, 3.8) is 0 Å². The van der Waals surface area contributed by atoms with Crippen LogP contribution in [0.25, 0.3) is 10.9 Å². The Labute approximate surface area is 90.0 Å². The number of phenolic OH excluding ortho intramolecular Hbond substituents is 1. The van der Waals surface area contributed by atoms with Gasteiger partial charge in [0.25, 0.3) is 5.56 Å². The molecule has 0 amide bonds. The second-order valence-corrected chi connectivity index (χ2v) is 3.23. The highest BCUT2D eigenvalue weighted by Gasteiger charge is 2.08. The summed E-state index contributed by atoms with van der Waals surface area (Å²) in [4.78, 5) is 25.7. The van der Waals surface area contributed by atoms with Crippen molar-refractivity contribution >= 4 is 10.9 Å². The fourth-order valence-electron chi connectivity index (χ4n) is 1.50. The Morgan fingerprint density at radius 2 is 2.19 bits per heavy atom. The number of hydrogen-bond acceptors (Lipinski definition) is 3. The van der Waals surface area contributed by atoms with E-state index < -0.39 is 11.2 Å². The van der Waals surface area contributed by atoms with Gasteiger partial charge in [0.15, 0.2) is 0 Å². The standard InChI is InChI=1S/C11H8N2O3/c1-2-6-13-10(15)7-4-3-5-8(14)9(7)12-11(13)16/h1,3-5,14H,6H2,(H,12,16). The first-order chi connectivity index (χ1) is 7.65. The van der Waals surface area contributed by atoms with E-state index >= 15 is 0 Å². The number of nitrogens with zero attached hydrogens (tertiary/aromatic N) is 1. The molecule has 16 heavy (non-hydrogen) atoms. The van der Waals surface area contributed by atoms with Crippen molar-refractivity contribution in [1.29, 1.82) is 0 Å². The van der Waals surface area contributed by atoms with Gasteiger partial charge in [-0.25, -0.2) is 9.36 Å². The molecule has 0 saturated carbocycles. The third-order valence-corrected chi connectivity index (χ3v) is 2.24. The summed E-state index contributed by atoms with van der Waals surface area (Å²) in [5.74, 6) is 2.09. The largest absolute Gasteiger partial charge is 0.506 e. The fourth-order valence-corrected chi connectivity index (χ4v) is 1.50. The van der Waals surface area contributed by atoms with Gasteiger partial charge in [0.05, 0.1) is 17.4 Å². The molecule has 1 aromatic carbocycles. The highest BCUT2D eigenvalue weighted by molar-refractivity contribution is 5.82. The summed E-state index contributed by atoms with van der Waals surface area (Å²) in [5, 5.41) is 9.71. The van der Waals surface area contributed by atoms with E-state index in [1.54, 1.807) is 0 Å². The lowest BCUT2D eigenvalue weighted by Gasteiger charge is -2.03. The molecule has 2 rings (SSSR count). The zero-order valence-electron chi connectivity index (χ0n) is 8.23. The summed E-state index contributed by atoms with van der Waals surface area (Å²) in [6.45, 7) is -0.0975. The normalized spacial score (nSPS) is 10.2. The van der Waals surface area contributed by atoms with E-state index in [9.17, 15) is 14.7 Å². The molecule has 5 nitrogen and oxygen atoms in total. The quantitative estimate of drug-likeness (QED) is 0.660. The minimum absolute atomic E-state index is 0.0975. The lowest BCUT2D eigenvalue weighted by atomic mass is 10.2. The molecule has 0 saturated heterocycles. The van der Waals surface area contributed by atoms with E-state index in [0.717, 1.165) is 4.57 Å². The first kappa shape index (κ1) is 10.1. The van der Waals surface area contributed by atoms with Crippen LogP contribution in [0.2, 0.25) is 0 Å². The van der Waals surface area contributed by atoms with Gasteiger partial charge in [0.1, 0.15) is 5.75 Å². The number of hydrogen-bond donors (Lipinski definition) is 2. The van der Waals surface area contributed by atoms with E-state index in [1.807, 2.05) is 0 Å². The molecule has 0 spiro atoms. The van der Waals surface area contributed by atoms with Crippen molar-refractivity contribution < 1.29 is 5.11 Å². The number of terminal acetylenes is 1. The highest BCUT2D eigenvalue weighted by atomic mass is 16.3. The van der Waals surface area contributed by atoms with Crippen molar-refractivity contribution in [3.05, 3.63) is 39.0 Å². The molecule has 5 heteroatoms. The average molecular weight is 216 g/mol. The number of fused-ring (bicyclic) bond motifs is 1. The number of phenols is 1. The van der Waals surface area contributed by atoms with Gasteiger partial charge in [-0.3, -0.25) is 4.79 Å². The van der Waals surface area contributed by atoms with Gasteiger partial charge in [-0.05, 0) is 12.1 Å². The number of aromatic amines is 1. The average Bonchev–Trinajstić information content (AvgIpc) is 2.26. The first-order valence-electron chi connectivity index (χ1n) is 4.53. The maximum Gasteiger partial charge on any atom is 0.329 e. The van der Waals surface area contributed by atoms with Crippen molar-refractivity contribution in [2.45, 2.75) is 6.54 Å². The monoisotopic (exact) mass is 216 g/mol. The zero-order chi connectivity index (χ0) is 11.7. The number of aromatic hydroxyl groups is 1. The Balaban J connectivity index is 2.97. The van der Waals surface area contributed by atoms with E-state index in [-0.39, 0.29) is 23.2 Å². The number of benzene rings is 1. The van der Waals surface area contributed by atoms with E-state index in [2.05, 4.69) is 10.9 Å². The number of aromatic nitrogens is 2. The molecule has 1 aromatic heterocycles. The minimum Gasteiger partial charge on any atom is -0.506 e. The number of rotatable bonds is 1. The van der Waals surface area contributed by atoms with Crippen molar-refractivity contribution in [2.24, 2.45) is 0 Å². The van der Waals surface area contributed by atoms with E-state index in [4.69, 9.17) is 6.42 Å². The molecule has 0 atom stereocenters. The third-order valence-electron chi connectivity index (χ3n) is 2.24. The van der Waals surface area contributed by atoms with Gasteiger partial charge >= 0.3 is 5.69 Å². The molecule has 0 unspecified atom stereocenters. The van der Waals surface area contributed by atoms with Crippen LogP contribution in [0.5, 0.6) is 5.75 Å². The maximum atomic E-state index is 11.8. The van der Waals surface area contributed by atoms with Crippen molar-refractivity contribution in [1.82, 2.24) is 9.55 Å². The summed E-state index contributed by atoms with van der Waals surface area (Å²) in [6.07, 6.45) is 5.06. The lowest BCUT2D eigenvalue weighted by Crippen LogP contribution is -2.34. The van der Waals surface area contributed by atoms with Gasteiger partial charge < -0.3 is 10.1 Å². The van der Waals surface area contributed by atoms with Gasteiger partial charge in [-0.2, -0.15) is 0 Å². The molecular formula is C11H8N2O3. The van der Waals surface area contributed by atoms with Gasteiger partial charge in [-0.1, -0.05) is 12.0 Å². The summed E-state index contributed by atoms with van der Waals surface area (Å²) < 4.78 is 0.905. The van der Waals surface area contributed by atoms with Crippen LogP contribution in [0.3, 0.4) is 0 Å². The zero-order valence-corrected chi connectivity index (χ0v) is 8.23. The number of H-pyrrole nitrogens is 1. The number of nitrogens with one attached hydrogen (secondary N) is 1. The van der Waals surface area contributed by atoms with E-state index in [1.165, 1.54) is 18.2 Å². The molecule has 0 aliphatic carbocycles. The molecule has 2 N–H and O–H groups in total. The Morgan fingerprint density at radius 3 is 2.88 bits per heavy atom. The fraction of sp³-hybridized carbons (Fsp3) is 0.0909. The topological polar surface area (TPSA) is 75.1 Å². The van der Waals surface area contributed by atoms with Crippen LogP contribution in [-0.4, -0.2) is 14.7 Å². The van der Waals surface area contributed by atoms with Crippen LogP contribution in [0.1, 0.15) is 0 Å². The van der Waals surface area contributed by atoms with Gasteiger partial charge in [0.2, 0.25) is 0 Å². The Kier molecular flexibility index (Phi) is 2.25. The summed E-state index contributed by atoms with van der Waals surface area (Å²) >= 11 is 0. The smallest absolute Gasteiger partial charge is 0.329 e. The summed E-state index contributed by atoms with van der Waals surface area (Å²) in [5.41, 5.74) is -1.00. The molecular weight excluding hydrogens is 208 g/mol. The predicted octanol–water partition coefficient (Wildman–Crippen LogP) is 0.0286. The van der Waals surface area contributed by atoms with Crippen molar-refractivity contribution in [2.75, 3.05) is 0 Å². The Bertz CT molecular complexity index is 704. The molecule has 2 aromatic rings.